The molecule has 12 rings (SSSR count). The van der Waals surface area contributed by atoms with E-state index in [1.165, 1.54) is 47.6 Å². The van der Waals surface area contributed by atoms with Crippen LogP contribution in [0.15, 0.2) is 96.1 Å². The second-order valence-electron chi connectivity index (χ2n) is 18.5. The van der Waals surface area contributed by atoms with Gasteiger partial charge in [0.05, 0.1) is 36.3 Å². The van der Waals surface area contributed by atoms with Gasteiger partial charge < -0.3 is 39.9 Å². The van der Waals surface area contributed by atoms with Crippen molar-refractivity contribution in [3.63, 3.8) is 0 Å². The van der Waals surface area contributed by atoms with Crippen LogP contribution in [-0.4, -0.2) is 117 Å². The molecule has 70 heavy (non-hydrogen) atoms. The number of thioether (sulfide) groups is 2. The smallest absolute Gasteiger partial charge is 0.407 e. The number of fused-ring (bicyclic) bond motifs is 2. The van der Waals surface area contributed by atoms with E-state index in [-0.39, 0.29) is 11.8 Å². The fourth-order valence-electron chi connectivity index (χ4n) is 9.99. The summed E-state index contributed by atoms with van der Waals surface area (Å²) in [6, 6.07) is 24.3. The summed E-state index contributed by atoms with van der Waals surface area (Å²) in [6.45, 7) is 4.93. The zero-order valence-corrected chi connectivity index (χ0v) is 42.2. The number of alkyl carbamates (subject to hydrolysis) is 2. The Morgan fingerprint density at radius 3 is 1.46 bits per heavy atom. The average Bonchev–Trinajstić information content (AvgIpc) is 4.18. The molecule has 0 fully saturated rings. The SMILES string of the molecule is COC(=O)N[C@@H](CCSC)C(=O)N1CC(C)=C[C@H]1c1nc2cc(-c3cc4ccc3CCc3ccc(c(-c5ccc6[nH]c([C@@H]7C=C(C)CN7C(=O)[C@H](CCSC)NC(=O)OC)nc6c5)c3)CC4)ccc2[nH]1. The van der Waals surface area contributed by atoms with Crippen LogP contribution in [0.25, 0.3) is 44.3 Å². The highest BCUT2D eigenvalue weighted by Gasteiger charge is 2.37. The molecule has 4 amide bonds. The fraction of sp³-hybridized carbons (Fsp3) is 0.370. The largest absolute Gasteiger partial charge is 0.453 e. The lowest BCUT2D eigenvalue weighted by Gasteiger charge is -2.28. The number of aryl methyl sites for hydroxylation is 4. The van der Waals surface area contributed by atoms with Crippen molar-refractivity contribution in [2.45, 2.75) is 76.5 Å². The standard InChI is InChI=1S/C54H60N8O6S2/c1-31-23-47(61(29-31)51(63)43(19-21-69-5)59-53(65)67-3)49-55-41-17-15-37(27-45(41)57-49)39-25-33-7-11-35(39)13-9-34-8-12-36(14-10-33)40(26-34)38-16-18-42-46(28-38)58-50(56-42)48-24-32(2)30-62(48)52(64)44(20-22-70-6)60-54(66)68-4/h7-8,11-12,15-18,23-28,43-44,47-48H,9-10,13-14,19-22,29-30H2,1-6H3,(H,55,57)(H,56,58)(H,59,65)(H,60,66)/t43-,44-,47-,48-/m0/s1. The van der Waals surface area contributed by atoms with Crippen LogP contribution in [0.4, 0.5) is 9.59 Å². The second-order valence-corrected chi connectivity index (χ2v) is 20.5. The number of carbonyl (C=O) groups is 4. The van der Waals surface area contributed by atoms with Gasteiger partial charge in [-0.1, -0.05) is 71.8 Å². The maximum Gasteiger partial charge on any atom is 0.407 e. The van der Waals surface area contributed by atoms with E-state index in [4.69, 9.17) is 19.4 Å². The van der Waals surface area contributed by atoms with Gasteiger partial charge in [-0.2, -0.15) is 23.5 Å². The fourth-order valence-corrected chi connectivity index (χ4v) is 10.9. The third-order valence-corrected chi connectivity index (χ3v) is 14.9. The van der Waals surface area contributed by atoms with Gasteiger partial charge in [-0.15, -0.1) is 0 Å². The van der Waals surface area contributed by atoms with Crippen molar-refractivity contribution in [3.05, 3.63) is 130 Å². The summed E-state index contributed by atoms with van der Waals surface area (Å²) in [7, 11) is 2.61. The molecular formula is C54H60N8O6S2. The van der Waals surface area contributed by atoms with Crippen molar-refractivity contribution < 1.29 is 28.7 Å². The average molecular weight is 981 g/mol. The van der Waals surface area contributed by atoms with E-state index in [1.54, 1.807) is 33.3 Å². The molecule has 6 aromatic rings. The molecule has 2 aliphatic heterocycles. The summed E-state index contributed by atoms with van der Waals surface area (Å²) < 4.78 is 9.70. The first-order valence-electron chi connectivity index (χ1n) is 23.8. The predicted molar refractivity (Wildman–Crippen MR) is 279 cm³/mol. The number of aromatic amines is 2. The number of rotatable bonds is 14. The molecule has 0 saturated carbocycles. The van der Waals surface area contributed by atoms with E-state index in [9.17, 15) is 19.2 Å². The normalized spacial score (nSPS) is 17.5. The molecule has 4 atom stereocenters. The van der Waals surface area contributed by atoms with Crippen LogP contribution in [-0.2, 0) is 44.7 Å². The maximum atomic E-state index is 14.0. The summed E-state index contributed by atoms with van der Waals surface area (Å²) in [6.07, 6.45) is 11.2. The van der Waals surface area contributed by atoms with E-state index < -0.39 is 36.4 Å². The molecule has 2 aromatic heterocycles. The molecule has 6 aliphatic rings. The van der Waals surface area contributed by atoms with Crippen LogP contribution in [0.2, 0.25) is 0 Å². The highest BCUT2D eigenvalue weighted by atomic mass is 32.2. The molecule has 0 saturated heterocycles. The van der Waals surface area contributed by atoms with E-state index in [2.05, 4.69) is 106 Å². The number of H-pyrrole nitrogens is 2. The lowest BCUT2D eigenvalue weighted by molar-refractivity contribution is -0.134. The Morgan fingerprint density at radius 1 is 0.629 bits per heavy atom. The van der Waals surface area contributed by atoms with Gasteiger partial charge in [-0.05, 0) is 145 Å². The number of nitrogens with zero attached hydrogens (tertiary/aromatic N) is 4. The first-order valence-corrected chi connectivity index (χ1v) is 26.6. The highest BCUT2D eigenvalue weighted by molar-refractivity contribution is 7.98. The number of methoxy groups -OCH3 is 2. The predicted octanol–water partition coefficient (Wildman–Crippen LogP) is 9.27. The number of imidazole rings is 2. The number of hydrogen-bond acceptors (Lipinski definition) is 10. The minimum Gasteiger partial charge on any atom is -0.453 e. The van der Waals surface area contributed by atoms with Crippen LogP contribution >= 0.6 is 23.5 Å². The number of nitrogens with one attached hydrogen (secondary N) is 4. The Bertz CT molecular complexity index is 2830. The first kappa shape index (κ1) is 48.5. The van der Waals surface area contributed by atoms with Crippen molar-refractivity contribution in [2.75, 3.05) is 51.3 Å². The molecule has 16 heteroatoms. The van der Waals surface area contributed by atoms with E-state index in [1.807, 2.05) is 26.4 Å². The molecule has 4 N–H and O–H groups in total. The summed E-state index contributed by atoms with van der Waals surface area (Å²) in [5.41, 5.74) is 15.1. The Kier molecular flexibility index (Phi) is 14.7. The van der Waals surface area contributed by atoms with Crippen LogP contribution in [0, 0.1) is 0 Å². The van der Waals surface area contributed by atoms with Crippen LogP contribution in [0.5, 0.6) is 0 Å². The zero-order chi connectivity index (χ0) is 49.1. The molecule has 4 bridgehead atoms. The highest BCUT2D eigenvalue weighted by Crippen LogP contribution is 2.37. The van der Waals surface area contributed by atoms with Gasteiger partial charge in [0.2, 0.25) is 11.8 Å². The molecule has 14 nitrogen and oxygen atoms in total. The van der Waals surface area contributed by atoms with E-state index in [0.717, 1.165) is 70.0 Å². The van der Waals surface area contributed by atoms with Crippen molar-refractivity contribution >= 4 is 69.6 Å². The molecule has 4 heterocycles. The van der Waals surface area contributed by atoms with Crippen molar-refractivity contribution in [3.8, 4) is 22.3 Å². The summed E-state index contributed by atoms with van der Waals surface area (Å²) >= 11 is 3.25. The van der Waals surface area contributed by atoms with E-state index in [0.29, 0.717) is 49.1 Å². The Hall–Kier alpha value is -6.52. The molecule has 4 aliphatic carbocycles. The Labute approximate surface area is 416 Å². The second kappa shape index (κ2) is 21.2. The van der Waals surface area contributed by atoms with Gasteiger partial charge in [-0.3, -0.25) is 9.59 Å². The lowest BCUT2D eigenvalue weighted by atomic mass is 9.87. The molecule has 4 aromatic carbocycles. The lowest BCUT2D eigenvalue weighted by Crippen LogP contribution is -2.49. The topological polar surface area (TPSA) is 175 Å². The third kappa shape index (κ3) is 10.3. The molecule has 364 valence electrons. The van der Waals surface area contributed by atoms with Gasteiger partial charge in [0.15, 0.2) is 0 Å². The van der Waals surface area contributed by atoms with Gasteiger partial charge in [0, 0.05) is 13.1 Å². The van der Waals surface area contributed by atoms with Crippen molar-refractivity contribution in [2.24, 2.45) is 0 Å². The van der Waals surface area contributed by atoms with Crippen LogP contribution in [0.1, 0.15) is 72.7 Å². The minimum atomic E-state index is -0.709. The van der Waals surface area contributed by atoms with Gasteiger partial charge in [0.25, 0.3) is 0 Å². The Balaban J connectivity index is 0.946. The molecular weight excluding hydrogens is 921 g/mol. The van der Waals surface area contributed by atoms with Gasteiger partial charge >= 0.3 is 12.2 Å². The number of carbonyl (C=O) groups excluding carboxylic acids is 4. The molecule has 0 spiro atoms. The number of hydrogen-bond donors (Lipinski definition) is 4. The van der Waals surface area contributed by atoms with Gasteiger partial charge in [-0.25, -0.2) is 19.6 Å². The number of ether oxygens (including phenoxy) is 2. The summed E-state index contributed by atoms with van der Waals surface area (Å²) in [4.78, 5) is 73.2. The minimum absolute atomic E-state index is 0.165. The number of amides is 4. The maximum absolute atomic E-state index is 14.0. The van der Waals surface area contributed by atoms with E-state index >= 15 is 0 Å². The monoisotopic (exact) mass is 980 g/mol. The van der Waals surface area contributed by atoms with Crippen LogP contribution < -0.4 is 10.6 Å². The number of aromatic nitrogens is 4. The Morgan fingerprint density at radius 2 is 1.06 bits per heavy atom. The number of benzene rings is 4. The molecule has 0 radical (unpaired) electrons. The third-order valence-electron chi connectivity index (χ3n) is 13.6. The summed E-state index contributed by atoms with van der Waals surface area (Å²) in [5, 5.41) is 5.50. The zero-order valence-electron chi connectivity index (χ0n) is 40.5. The van der Waals surface area contributed by atoms with Gasteiger partial charge in [0.1, 0.15) is 35.8 Å². The first-order chi connectivity index (χ1) is 33.9. The van der Waals surface area contributed by atoms with Crippen molar-refractivity contribution in [1.82, 2.24) is 40.4 Å². The summed E-state index contributed by atoms with van der Waals surface area (Å²) in [5.74, 6) is 2.46. The van der Waals surface area contributed by atoms with Crippen molar-refractivity contribution in [1.29, 1.82) is 0 Å². The quantitative estimate of drug-likeness (QED) is 0.0771. The van der Waals surface area contributed by atoms with Crippen LogP contribution in [0.3, 0.4) is 0 Å². The molecule has 0 unspecified atom stereocenters.